The minimum Gasteiger partial charge on any atom is -0.459 e. The first-order valence-corrected chi connectivity index (χ1v) is 10.4. The number of nitro groups is 1. The summed E-state index contributed by atoms with van der Waals surface area (Å²) in [5.74, 6) is -0.420. The molecule has 0 aliphatic heterocycles. The van der Waals surface area contributed by atoms with E-state index >= 15 is 0 Å². The van der Waals surface area contributed by atoms with Crippen LogP contribution in [0.5, 0.6) is 0 Å². The second-order valence-electron chi connectivity index (χ2n) is 6.60. The lowest BCUT2D eigenvalue weighted by molar-refractivity contribution is -0.384. The molecule has 9 heteroatoms. The summed E-state index contributed by atoms with van der Waals surface area (Å²) in [7, 11) is -3.90. The highest BCUT2D eigenvalue weighted by Gasteiger charge is 2.19. The van der Waals surface area contributed by atoms with Gasteiger partial charge in [0.25, 0.3) is 15.7 Å². The van der Waals surface area contributed by atoms with Crippen LogP contribution < -0.4 is 4.72 Å². The first-order chi connectivity index (χ1) is 13.3. The van der Waals surface area contributed by atoms with Gasteiger partial charge in [0.15, 0.2) is 0 Å². The molecule has 1 fully saturated rings. The van der Waals surface area contributed by atoms with Crippen molar-refractivity contribution in [1.29, 1.82) is 0 Å². The molecule has 0 amide bonds. The van der Waals surface area contributed by atoms with E-state index in [1.807, 2.05) is 0 Å². The Bertz CT molecular complexity index is 949. The number of nitrogens with zero attached hydrogens (tertiary/aromatic N) is 1. The van der Waals surface area contributed by atoms with Gasteiger partial charge in [-0.1, -0.05) is 6.42 Å². The maximum Gasteiger partial charge on any atom is 0.338 e. The normalized spacial score (nSPS) is 15.0. The number of carbonyl (C=O) groups is 1. The van der Waals surface area contributed by atoms with Crippen LogP contribution in [0.3, 0.4) is 0 Å². The van der Waals surface area contributed by atoms with E-state index in [1.54, 1.807) is 0 Å². The van der Waals surface area contributed by atoms with Crippen LogP contribution in [0, 0.1) is 10.1 Å². The minimum atomic E-state index is -3.90. The Kier molecular flexibility index (Phi) is 5.93. The Morgan fingerprint density at radius 3 is 2.18 bits per heavy atom. The summed E-state index contributed by atoms with van der Waals surface area (Å²) in [6.07, 6.45) is 4.97. The molecule has 1 saturated carbocycles. The number of sulfonamides is 1. The maximum absolute atomic E-state index is 12.4. The number of benzene rings is 2. The summed E-state index contributed by atoms with van der Waals surface area (Å²) in [6.45, 7) is 0. The third kappa shape index (κ3) is 4.86. The van der Waals surface area contributed by atoms with Crippen LogP contribution >= 0.6 is 0 Å². The van der Waals surface area contributed by atoms with E-state index in [2.05, 4.69) is 4.72 Å². The van der Waals surface area contributed by atoms with Gasteiger partial charge in [0.05, 0.1) is 15.4 Å². The average molecular weight is 404 g/mol. The fourth-order valence-electron chi connectivity index (χ4n) is 3.04. The van der Waals surface area contributed by atoms with Crippen molar-refractivity contribution >= 4 is 27.4 Å². The lowest BCUT2D eigenvalue weighted by Crippen LogP contribution is -2.21. The molecule has 1 aliphatic carbocycles. The van der Waals surface area contributed by atoms with Gasteiger partial charge < -0.3 is 4.74 Å². The van der Waals surface area contributed by atoms with Crippen molar-refractivity contribution in [2.45, 2.75) is 43.1 Å². The Balaban J connectivity index is 1.65. The summed E-state index contributed by atoms with van der Waals surface area (Å²) < 4.78 is 32.6. The number of nitro benzene ring substituents is 1. The third-order valence-electron chi connectivity index (χ3n) is 4.56. The predicted octanol–water partition coefficient (Wildman–Crippen LogP) is 3.89. The topological polar surface area (TPSA) is 116 Å². The lowest BCUT2D eigenvalue weighted by atomic mass is 9.98. The minimum absolute atomic E-state index is 0.0541. The van der Waals surface area contributed by atoms with Crippen LogP contribution in [0.4, 0.5) is 11.4 Å². The highest BCUT2D eigenvalue weighted by atomic mass is 32.2. The monoisotopic (exact) mass is 404 g/mol. The molecular formula is C19H20N2O6S. The molecule has 0 saturated heterocycles. The van der Waals surface area contributed by atoms with E-state index < -0.39 is 20.9 Å². The van der Waals surface area contributed by atoms with Crippen molar-refractivity contribution in [3.05, 3.63) is 64.2 Å². The van der Waals surface area contributed by atoms with Crippen LogP contribution in [0.1, 0.15) is 42.5 Å². The average Bonchev–Trinajstić information content (AvgIpc) is 2.69. The molecule has 0 aromatic heterocycles. The number of anilines is 1. The summed E-state index contributed by atoms with van der Waals surface area (Å²) in [6, 6.07) is 10.5. The van der Waals surface area contributed by atoms with Crippen LogP contribution in [-0.2, 0) is 14.8 Å². The molecule has 0 unspecified atom stereocenters. The second kappa shape index (κ2) is 8.39. The fraction of sp³-hybridized carbons (Fsp3) is 0.316. The summed E-state index contributed by atoms with van der Waals surface area (Å²) in [4.78, 5) is 22.2. The Labute approximate surface area is 162 Å². The largest absolute Gasteiger partial charge is 0.459 e. The number of nitrogens with one attached hydrogen (secondary N) is 1. The Hall–Kier alpha value is -2.94. The maximum atomic E-state index is 12.4. The molecule has 2 aromatic rings. The number of ether oxygens (including phenoxy) is 1. The predicted molar refractivity (Wildman–Crippen MR) is 103 cm³/mol. The number of non-ortho nitro benzene ring substituents is 1. The van der Waals surface area contributed by atoms with Gasteiger partial charge in [0.1, 0.15) is 6.10 Å². The molecule has 0 bridgehead atoms. The van der Waals surface area contributed by atoms with Crippen molar-refractivity contribution in [3.8, 4) is 0 Å². The zero-order valence-corrected chi connectivity index (χ0v) is 15.9. The zero-order valence-electron chi connectivity index (χ0n) is 15.0. The molecule has 1 N–H and O–H groups in total. The molecule has 1 aliphatic rings. The molecule has 3 rings (SSSR count). The quantitative estimate of drug-likeness (QED) is 0.444. The van der Waals surface area contributed by atoms with Gasteiger partial charge in [0.2, 0.25) is 0 Å². The van der Waals surface area contributed by atoms with Gasteiger partial charge in [-0.25, -0.2) is 13.2 Å². The first kappa shape index (κ1) is 19.8. The van der Waals surface area contributed by atoms with Crippen LogP contribution in [-0.4, -0.2) is 25.4 Å². The SMILES string of the molecule is O=C(OC1CCCCC1)c1ccc(NS(=O)(=O)c2ccc([N+](=O)[O-])cc2)cc1. The van der Waals surface area contributed by atoms with E-state index in [4.69, 9.17) is 4.74 Å². The van der Waals surface area contributed by atoms with E-state index in [0.29, 0.717) is 5.56 Å². The van der Waals surface area contributed by atoms with Gasteiger partial charge in [0, 0.05) is 17.8 Å². The Morgan fingerprint density at radius 2 is 1.61 bits per heavy atom. The first-order valence-electron chi connectivity index (χ1n) is 8.93. The number of rotatable bonds is 6. The summed E-state index contributed by atoms with van der Waals surface area (Å²) >= 11 is 0. The highest BCUT2D eigenvalue weighted by molar-refractivity contribution is 7.92. The van der Waals surface area contributed by atoms with Gasteiger partial charge in [-0.2, -0.15) is 0 Å². The standard InChI is InChI=1S/C19H20N2O6S/c22-19(27-17-4-2-1-3-5-17)14-6-8-15(9-7-14)20-28(25,26)18-12-10-16(11-13-18)21(23)24/h6-13,17,20H,1-5H2. The number of esters is 1. The number of carbonyl (C=O) groups excluding carboxylic acids is 1. The lowest BCUT2D eigenvalue weighted by Gasteiger charge is -2.21. The van der Waals surface area contributed by atoms with Gasteiger partial charge in [-0.15, -0.1) is 0 Å². The molecule has 28 heavy (non-hydrogen) atoms. The van der Waals surface area contributed by atoms with Crippen molar-refractivity contribution in [1.82, 2.24) is 0 Å². The number of hydrogen-bond donors (Lipinski definition) is 1. The molecule has 0 spiro atoms. The third-order valence-corrected chi connectivity index (χ3v) is 5.95. The summed E-state index contributed by atoms with van der Waals surface area (Å²) in [5, 5.41) is 10.7. The van der Waals surface area contributed by atoms with Gasteiger partial charge in [-0.3, -0.25) is 14.8 Å². The smallest absolute Gasteiger partial charge is 0.338 e. The molecule has 0 radical (unpaired) electrons. The van der Waals surface area contributed by atoms with Crippen molar-refractivity contribution in [2.24, 2.45) is 0 Å². The van der Waals surface area contributed by atoms with E-state index in [-0.39, 0.29) is 22.4 Å². The molecule has 0 atom stereocenters. The van der Waals surface area contributed by atoms with Crippen LogP contribution in [0.15, 0.2) is 53.4 Å². The zero-order chi connectivity index (χ0) is 20.1. The van der Waals surface area contributed by atoms with Crippen LogP contribution in [0.2, 0.25) is 0 Å². The molecule has 148 valence electrons. The molecule has 2 aromatic carbocycles. The van der Waals surface area contributed by atoms with Gasteiger partial charge >= 0.3 is 5.97 Å². The van der Waals surface area contributed by atoms with Gasteiger partial charge in [-0.05, 0) is 62.1 Å². The summed E-state index contributed by atoms with van der Waals surface area (Å²) in [5.41, 5.74) is 0.427. The van der Waals surface area contributed by atoms with E-state index in [1.165, 1.54) is 24.3 Å². The number of hydrogen-bond acceptors (Lipinski definition) is 6. The second-order valence-corrected chi connectivity index (χ2v) is 8.28. The van der Waals surface area contributed by atoms with Crippen molar-refractivity contribution < 1.29 is 22.9 Å². The van der Waals surface area contributed by atoms with E-state index in [0.717, 1.165) is 56.4 Å². The molecule has 0 heterocycles. The van der Waals surface area contributed by atoms with Crippen molar-refractivity contribution in [2.75, 3.05) is 4.72 Å². The van der Waals surface area contributed by atoms with Crippen LogP contribution in [0.25, 0.3) is 0 Å². The molecular weight excluding hydrogens is 384 g/mol. The molecule has 8 nitrogen and oxygen atoms in total. The fourth-order valence-corrected chi connectivity index (χ4v) is 4.10. The highest BCUT2D eigenvalue weighted by Crippen LogP contribution is 2.23. The Morgan fingerprint density at radius 1 is 1.00 bits per heavy atom. The van der Waals surface area contributed by atoms with Crippen molar-refractivity contribution in [3.63, 3.8) is 0 Å². The van der Waals surface area contributed by atoms with E-state index in [9.17, 15) is 23.3 Å².